The molecule has 20 heavy (non-hydrogen) atoms. The van der Waals surface area contributed by atoms with Gasteiger partial charge in [-0.25, -0.2) is 0 Å². The molecule has 0 radical (unpaired) electrons. The van der Waals surface area contributed by atoms with Gasteiger partial charge in [0.15, 0.2) is 0 Å². The number of likely N-dealkylation sites (N-methyl/N-ethyl adjacent to an activating group) is 1. The zero-order valence-corrected chi connectivity index (χ0v) is 12.4. The molecule has 112 valence electrons. The van der Waals surface area contributed by atoms with Crippen LogP contribution in [-0.2, 0) is 16.1 Å². The molecule has 1 rings (SSSR count). The van der Waals surface area contributed by atoms with Gasteiger partial charge in [0.25, 0.3) is 0 Å². The van der Waals surface area contributed by atoms with Gasteiger partial charge in [-0.2, -0.15) is 0 Å². The van der Waals surface area contributed by atoms with Crippen LogP contribution in [0.15, 0.2) is 24.3 Å². The maximum atomic E-state index is 11.8. The number of methoxy groups -OCH3 is 1. The van der Waals surface area contributed by atoms with E-state index in [1.165, 1.54) is 4.90 Å². The summed E-state index contributed by atoms with van der Waals surface area (Å²) in [4.78, 5) is 24.3. The minimum absolute atomic E-state index is 0. The highest BCUT2D eigenvalue weighted by molar-refractivity contribution is 5.85. The molecule has 6 nitrogen and oxygen atoms in total. The number of carbonyl (C=O) groups is 2. The number of rotatable bonds is 6. The van der Waals surface area contributed by atoms with Crippen molar-refractivity contribution in [2.45, 2.75) is 6.54 Å². The van der Waals surface area contributed by atoms with Crippen LogP contribution in [-0.4, -0.2) is 44.0 Å². The van der Waals surface area contributed by atoms with Crippen LogP contribution in [0.1, 0.15) is 5.56 Å². The van der Waals surface area contributed by atoms with Crippen molar-refractivity contribution in [3.05, 3.63) is 29.8 Å². The molecule has 0 atom stereocenters. The van der Waals surface area contributed by atoms with Gasteiger partial charge in [-0.3, -0.25) is 9.59 Å². The van der Waals surface area contributed by atoms with E-state index < -0.39 is 0 Å². The molecule has 0 aliphatic carbocycles. The van der Waals surface area contributed by atoms with Crippen LogP contribution in [0, 0.1) is 0 Å². The maximum Gasteiger partial charge on any atom is 0.242 e. The molecule has 3 N–H and O–H groups in total. The van der Waals surface area contributed by atoms with Crippen molar-refractivity contribution in [1.82, 2.24) is 10.2 Å². The summed E-state index contributed by atoms with van der Waals surface area (Å²) >= 11 is 0. The van der Waals surface area contributed by atoms with Gasteiger partial charge in [-0.1, -0.05) is 12.1 Å². The summed E-state index contributed by atoms with van der Waals surface area (Å²) in [5.41, 5.74) is 6.10. The van der Waals surface area contributed by atoms with Gasteiger partial charge >= 0.3 is 0 Å². The van der Waals surface area contributed by atoms with Crippen molar-refractivity contribution in [1.29, 1.82) is 0 Å². The summed E-state index contributed by atoms with van der Waals surface area (Å²) in [6, 6.07) is 7.47. The number of ether oxygens (including phenoxy) is 1. The largest absolute Gasteiger partial charge is 0.497 e. The average Bonchev–Trinajstić information content (AvgIpc) is 2.44. The summed E-state index contributed by atoms with van der Waals surface area (Å²) in [7, 11) is 3.27. The van der Waals surface area contributed by atoms with E-state index >= 15 is 0 Å². The van der Waals surface area contributed by atoms with E-state index in [9.17, 15) is 9.59 Å². The van der Waals surface area contributed by atoms with E-state index in [-0.39, 0.29) is 37.3 Å². The summed E-state index contributed by atoms with van der Waals surface area (Å²) in [6.45, 7) is 0.290. The molecule has 0 bridgehead atoms. The lowest BCUT2D eigenvalue weighted by Gasteiger charge is -2.17. The quantitative estimate of drug-likeness (QED) is 0.783. The van der Waals surface area contributed by atoms with Crippen LogP contribution in [0.5, 0.6) is 5.75 Å². The minimum Gasteiger partial charge on any atom is -0.497 e. The number of nitrogens with one attached hydrogen (secondary N) is 1. The Morgan fingerprint density at radius 3 is 2.70 bits per heavy atom. The molecule has 0 spiro atoms. The van der Waals surface area contributed by atoms with Crippen LogP contribution >= 0.6 is 12.4 Å². The van der Waals surface area contributed by atoms with Gasteiger partial charge in [-0.05, 0) is 17.7 Å². The van der Waals surface area contributed by atoms with E-state index in [4.69, 9.17) is 10.5 Å². The second-order valence-corrected chi connectivity index (χ2v) is 4.08. The fraction of sp³-hybridized carbons (Fsp3) is 0.385. The number of hydrogen-bond donors (Lipinski definition) is 2. The number of hydrogen-bond acceptors (Lipinski definition) is 4. The standard InChI is InChI=1S/C13H19N3O3.ClH/c1-16(13(18)8-15-12(17)7-14)9-10-4-3-5-11(6-10)19-2;/h3-6H,7-9,14H2,1-2H3,(H,15,17);1H. The molecular weight excluding hydrogens is 282 g/mol. The summed E-state index contributed by atoms with van der Waals surface area (Å²) in [6.07, 6.45) is 0. The Hall–Kier alpha value is -1.79. The summed E-state index contributed by atoms with van der Waals surface area (Å²) in [5, 5.41) is 2.44. The van der Waals surface area contributed by atoms with E-state index in [1.54, 1.807) is 14.2 Å². The summed E-state index contributed by atoms with van der Waals surface area (Å²) in [5.74, 6) is 0.225. The van der Waals surface area contributed by atoms with Crippen molar-refractivity contribution in [3.8, 4) is 5.75 Å². The normalized spacial score (nSPS) is 9.35. The number of amides is 2. The first-order valence-corrected chi connectivity index (χ1v) is 5.90. The first kappa shape index (κ1) is 18.2. The van der Waals surface area contributed by atoms with Crippen LogP contribution in [0.4, 0.5) is 0 Å². The van der Waals surface area contributed by atoms with E-state index in [0.717, 1.165) is 11.3 Å². The topological polar surface area (TPSA) is 84.7 Å². The highest BCUT2D eigenvalue weighted by atomic mass is 35.5. The number of nitrogens with zero attached hydrogens (tertiary/aromatic N) is 1. The molecule has 1 aromatic carbocycles. The molecule has 7 heteroatoms. The Labute approximate surface area is 124 Å². The molecule has 2 amide bonds. The third-order valence-electron chi connectivity index (χ3n) is 2.60. The molecule has 0 saturated carbocycles. The smallest absolute Gasteiger partial charge is 0.242 e. The zero-order valence-electron chi connectivity index (χ0n) is 11.6. The second-order valence-electron chi connectivity index (χ2n) is 4.08. The lowest BCUT2D eigenvalue weighted by Crippen LogP contribution is -2.40. The van der Waals surface area contributed by atoms with Gasteiger partial charge < -0.3 is 20.7 Å². The summed E-state index contributed by atoms with van der Waals surface area (Å²) < 4.78 is 5.12. The van der Waals surface area contributed by atoms with Crippen LogP contribution in [0.2, 0.25) is 0 Å². The monoisotopic (exact) mass is 301 g/mol. The molecular formula is C13H20ClN3O3. The number of carbonyl (C=O) groups excluding carboxylic acids is 2. The van der Waals surface area contributed by atoms with Crippen molar-refractivity contribution < 1.29 is 14.3 Å². The SMILES string of the molecule is COc1cccc(CN(C)C(=O)CNC(=O)CN)c1.Cl. The molecule has 1 aromatic rings. The predicted molar refractivity (Wildman–Crippen MR) is 78.8 cm³/mol. The molecule has 0 aromatic heterocycles. The zero-order chi connectivity index (χ0) is 14.3. The molecule has 0 aliphatic rings. The van der Waals surface area contributed by atoms with Gasteiger partial charge in [0, 0.05) is 13.6 Å². The highest BCUT2D eigenvalue weighted by Gasteiger charge is 2.10. The number of halogens is 1. The Bertz CT molecular complexity index is 454. The molecule has 0 saturated heterocycles. The predicted octanol–water partition coefficient (Wildman–Crippen LogP) is 0.150. The molecule has 0 aliphatic heterocycles. The van der Waals surface area contributed by atoms with Crippen molar-refractivity contribution >= 4 is 24.2 Å². The van der Waals surface area contributed by atoms with Crippen molar-refractivity contribution in [3.63, 3.8) is 0 Å². The maximum absolute atomic E-state index is 11.8. The van der Waals surface area contributed by atoms with E-state index in [1.807, 2.05) is 24.3 Å². The van der Waals surface area contributed by atoms with Gasteiger partial charge in [0.1, 0.15) is 5.75 Å². The van der Waals surface area contributed by atoms with Crippen LogP contribution in [0.25, 0.3) is 0 Å². The third kappa shape index (κ3) is 5.90. The van der Waals surface area contributed by atoms with E-state index in [2.05, 4.69) is 5.32 Å². The Morgan fingerprint density at radius 1 is 1.40 bits per heavy atom. The fourth-order valence-electron chi connectivity index (χ4n) is 1.51. The average molecular weight is 302 g/mol. The van der Waals surface area contributed by atoms with Gasteiger partial charge in [0.05, 0.1) is 20.2 Å². The lowest BCUT2D eigenvalue weighted by atomic mass is 10.2. The van der Waals surface area contributed by atoms with Crippen LogP contribution in [0.3, 0.4) is 0 Å². The van der Waals surface area contributed by atoms with Crippen molar-refractivity contribution in [2.75, 3.05) is 27.2 Å². The number of nitrogens with two attached hydrogens (primary N) is 1. The minimum atomic E-state index is -0.344. The number of benzene rings is 1. The Balaban J connectivity index is 0.00000361. The molecule has 0 fully saturated rings. The molecule has 0 unspecified atom stereocenters. The molecule has 0 heterocycles. The first-order valence-electron chi connectivity index (χ1n) is 5.90. The Kier molecular flexibility index (Phi) is 8.35. The van der Waals surface area contributed by atoms with Gasteiger partial charge in [0.2, 0.25) is 11.8 Å². The van der Waals surface area contributed by atoms with Crippen molar-refractivity contribution in [2.24, 2.45) is 5.73 Å². The lowest BCUT2D eigenvalue weighted by molar-refractivity contribution is -0.131. The fourth-order valence-corrected chi connectivity index (χ4v) is 1.51. The second kappa shape index (κ2) is 9.17. The highest BCUT2D eigenvalue weighted by Crippen LogP contribution is 2.13. The Morgan fingerprint density at radius 2 is 2.10 bits per heavy atom. The van der Waals surface area contributed by atoms with Gasteiger partial charge in [-0.15, -0.1) is 12.4 Å². The third-order valence-corrected chi connectivity index (χ3v) is 2.60. The van der Waals surface area contributed by atoms with Crippen LogP contribution < -0.4 is 15.8 Å². The first-order chi connectivity index (χ1) is 9.06. The van der Waals surface area contributed by atoms with E-state index in [0.29, 0.717) is 6.54 Å².